The van der Waals surface area contributed by atoms with E-state index < -0.39 is 0 Å². The number of amides is 1. The molecular formula is C22H18F2N2OS. The van der Waals surface area contributed by atoms with Gasteiger partial charge in [0.25, 0.3) is 0 Å². The quantitative estimate of drug-likeness (QED) is 0.449. The van der Waals surface area contributed by atoms with E-state index in [9.17, 15) is 13.6 Å². The van der Waals surface area contributed by atoms with Crippen LogP contribution in [0.2, 0.25) is 0 Å². The van der Waals surface area contributed by atoms with Crippen molar-refractivity contribution in [2.24, 2.45) is 0 Å². The van der Waals surface area contributed by atoms with E-state index in [1.54, 1.807) is 29.5 Å². The van der Waals surface area contributed by atoms with Crippen LogP contribution in [0.5, 0.6) is 0 Å². The first kappa shape index (κ1) is 18.4. The third-order valence-electron chi connectivity index (χ3n) is 4.64. The molecule has 1 amide bonds. The highest BCUT2D eigenvalue weighted by atomic mass is 32.1. The number of aromatic amines is 1. The Hall–Kier alpha value is -2.99. The molecule has 4 rings (SSSR count). The predicted octanol–water partition coefficient (Wildman–Crippen LogP) is 5.42. The lowest BCUT2D eigenvalue weighted by atomic mass is 10.0. The first-order valence-corrected chi connectivity index (χ1v) is 9.83. The zero-order valence-corrected chi connectivity index (χ0v) is 15.8. The van der Waals surface area contributed by atoms with E-state index in [1.807, 2.05) is 17.5 Å². The van der Waals surface area contributed by atoms with Gasteiger partial charge in [-0.15, -0.1) is 11.3 Å². The number of hydrogen-bond donors (Lipinski definition) is 2. The van der Waals surface area contributed by atoms with Gasteiger partial charge < -0.3 is 10.3 Å². The van der Waals surface area contributed by atoms with Crippen LogP contribution in [0.1, 0.15) is 16.9 Å². The van der Waals surface area contributed by atoms with Crippen molar-refractivity contribution < 1.29 is 13.6 Å². The number of aromatic nitrogens is 1. The zero-order valence-electron chi connectivity index (χ0n) is 15.0. The standard InChI is InChI=1S/C22H18F2N2OS/c23-15-5-3-14(4-6-15)22-18(19-12-16(24)7-9-20(19)26-22)8-10-21(27)25-13-17-2-1-11-28-17/h1-7,9,11-12,26H,8,10,13H2,(H,25,27). The van der Waals surface area contributed by atoms with Gasteiger partial charge in [-0.25, -0.2) is 8.78 Å². The Bertz CT molecular complexity index is 1100. The van der Waals surface area contributed by atoms with Crippen molar-refractivity contribution in [1.29, 1.82) is 0 Å². The van der Waals surface area contributed by atoms with Crippen LogP contribution in [0.4, 0.5) is 8.78 Å². The molecule has 2 aromatic heterocycles. The summed E-state index contributed by atoms with van der Waals surface area (Å²) in [6.45, 7) is 0.504. The smallest absolute Gasteiger partial charge is 0.220 e. The molecule has 2 aromatic carbocycles. The second kappa shape index (κ2) is 7.94. The van der Waals surface area contributed by atoms with Gasteiger partial charge in [0.05, 0.1) is 6.54 Å². The summed E-state index contributed by atoms with van der Waals surface area (Å²) in [5.74, 6) is -0.717. The van der Waals surface area contributed by atoms with E-state index in [1.165, 1.54) is 24.3 Å². The molecule has 0 saturated carbocycles. The Kier molecular flexibility index (Phi) is 5.21. The number of carbonyl (C=O) groups excluding carboxylic acids is 1. The zero-order chi connectivity index (χ0) is 19.5. The Labute approximate surface area is 165 Å². The number of rotatable bonds is 6. The maximum absolute atomic E-state index is 13.8. The highest BCUT2D eigenvalue weighted by molar-refractivity contribution is 7.09. The molecule has 6 heteroatoms. The van der Waals surface area contributed by atoms with Crippen molar-refractivity contribution in [3.8, 4) is 11.3 Å². The second-order valence-corrected chi connectivity index (χ2v) is 7.56. The first-order valence-electron chi connectivity index (χ1n) is 8.95. The number of carbonyl (C=O) groups is 1. The average Bonchev–Trinajstić information content (AvgIpc) is 3.33. The number of hydrogen-bond acceptors (Lipinski definition) is 2. The van der Waals surface area contributed by atoms with Gasteiger partial charge in [-0.2, -0.15) is 0 Å². The molecule has 0 spiro atoms. The monoisotopic (exact) mass is 396 g/mol. The Balaban J connectivity index is 1.59. The van der Waals surface area contributed by atoms with Gasteiger partial charge in [-0.3, -0.25) is 4.79 Å². The lowest BCUT2D eigenvalue weighted by Gasteiger charge is -2.07. The van der Waals surface area contributed by atoms with Gasteiger partial charge in [0.15, 0.2) is 0 Å². The summed E-state index contributed by atoms with van der Waals surface area (Å²) < 4.78 is 27.1. The molecular weight excluding hydrogens is 378 g/mol. The molecule has 0 aliphatic rings. The summed E-state index contributed by atoms with van der Waals surface area (Å²) >= 11 is 1.59. The fourth-order valence-corrected chi connectivity index (χ4v) is 3.91. The number of halogens is 2. The van der Waals surface area contributed by atoms with E-state index in [-0.39, 0.29) is 24.0 Å². The molecule has 142 valence electrons. The molecule has 2 heterocycles. The molecule has 4 aromatic rings. The molecule has 0 unspecified atom stereocenters. The van der Waals surface area contributed by atoms with Crippen LogP contribution in [-0.4, -0.2) is 10.9 Å². The summed E-state index contributed by atoms with van der Waals surface area (Å²) in [6, 6.07) is 14.6. The number of benzene rings is 2. The molecule has 0 saturated heterocycles. The normalized spacial score (nSPS) is 11.1. The first-order chi connectivity index (χ1) is 13.6. The number of nitrogens with one attached hydrogen (secondary N) is 2. The minimum Gasteiger partial charge on any atom is -0.354 e. The molecule has 0 aliphatic carbocycles. The molecule has 2 N–H and O–H groups in total. The third kappa shape index (κ3) is 3.97. The molecule has 0 fully saturated rings. The van der Waals surface area contributed by atoms with E-state index in [0.717, 1.165) is 32.6 Å². The topological polar surface area (TPSA) is 44.9 Å². The van der Waals surface area contributed by atoms with Crippen LogP contribution in [0, 0.1) is 11.6 Å². The lowest BCUT2D eigenvalue weighted by Crippen LogP contribution is -2.22. The third-order valence-corrected chi connectivity index (χ3v) is 5.52. The lowest BCUT2D eigenvalue weighted by molar-refractivity contribution is -0.121. The number of thiophene rings is 1. The van der Waals surface area contributed by atoms with Crippen LogP contribution in [-0.2, 0) is 17.8 Å². The largest absolute Gasteiger partial charge is 0.354 e. The second-order valence-electron chi connectivity index (χ2n) is 6.53. The van der Waals surface area contributed by atoms with Gasteiger partial charge in [-0.1, -0.05) is 6.07 Å². The van der Waals surface area contributed by atoms with Crippen LogP contribution >= 0.6 is 11.3 Å². The van der Waals surface area contributed by atoms with Crippen LogP contribution in [0.15, 0.2) is 60.0 Å². The maximum Gasteiger partial charge on any atom is 0.220 e. The molecule has 28 heavy (non-hydrogen) atoms. The summed E-state index contributed by atoms with van der Waals surface area (Å²) in [5, 5.41) is 5.62. The van der Waals surface area contributed by atoms with E-state index in [2.05, 4.69) is 10.3 Å². The number of aryl methyl sites for hydroxylation is 1. The molecule has 0 aliphatic heterocycles. The molecule has 0 bridgehead atoms. The van der Waals surface area contributed by atoms with Crippen molar-refractivity contribution in [2.75, 3.05) is 0 Å². The molecule has 3 nitrogen and oxygen atoms in total. The minimum absolute atomic E-state index is 0.0655. The maximum atomic E-state index is 13.8. The van der Waals surface area contributed by atoms with Gasteiger partial charge in [-0.05, 0) is 71.5 Å². The Morgan fingerprint density at radius 2 is 1.82 bits per heavy atom. The van der Waals surface area contributed by atoms with E-state index in [4.69, 9.17) is 0 Å². The van der Waals surface area contributed by atoms with E-state index in [0.29, 0.717) is 13.0 Å². The molecule has 0 atom stereocenters. The van der Waals surface area contributed by atoms with Gasteiger partial charge in [0.1, 0.15) is 11.6 Å². The van der Waals surface area contributed by atoms with Crippen molar-refractivity contribution in [3.05, 3.63) is 82.1 Å². The van der Waals surface area contributed by atoms with Gasteiger partial charge in [0.2, 0.25) is 5.91 Å². The highest BCUT2D eigenvalue weighted by Gasteiger charge is 2.15. The van der Waals surface area contributed by atoms with Crippen molar-refractivity contribution in [3.63, 3.8) is 0 Å². The number of H-pyrrole nitrogens is 1. The van der Waals surface area contributed by atoms with Crippen molar-refractivity contribution >= 4 is 28.1 Å². The van der Waals surface area contributed by atoms with Crippen molar-refractivity contribution in [1.82, 2.24) is 10.3 Å². The fourth-order valence-electron chi connectivity index (χ4n) is 3.27. The fraction of sp³-hybridized carbons (Fsp3) is 0.136. The Morgan fingerprint density at radius 1 is 1.04 bits per heavy atom. The van der Waals surface area contributed by atoms with E-state index >= 15 is 0 Å². The SMILES string of the molecule is O=C(CCc1c(-c2ccc(F)cc2)[nH]c2ccc(F)cc12)NCc1cccs1. The Morgan fingerprint density at radius 3 is 2.57 bits per heavy atom. The van der Waals surface area contributed by atoms with Crippen LogP contribution in [0.3, 0.4) is 0 Å². The van der Waals surface area contributed by atoms with Crippen LogP contribution < -0.4 is 5.32 Å². The summed E-state index contributed by atoms with van der Waals surface area (Å²) in [4.78, 5) is 16.7. The van der Waals surface area contributed by atoms with Crippen molar-refractivity contribution in [2.45, 2.75) is 19.4 Å². The van der Waals surface area contributed by atoms with Gasteiger partial charge >= 0.3 is 0 Å². The number of fused-ring (bicyclic) bond motifs is 1. The van der Waals surface area contributed by atoms with Gasteiger partial charge in [0, 0.05) is 27.9 Å². The van der Waals surface area contributed by atoms with Crippen LogP contribution in [0.25, 0.3) is 22.2 Å². The average molecular weight is 396 g/mol. The highest BCUT2D eigenvalue weighted by Crippen LogP contribution is 2.32. The molecule has 0 radical (unpaired) electrons. The summed E-state index contributed by atoms with van der Waals surface area (Å²) in [5.41, 5.74) is 3.22. The summed E-state index contributed by atoms with van der Waals surface area (Å²) in [7, 11) is 0. The predicted molar refractivity (Wildman–Crippen MR) is 108 cm³/mol. The minimum atomic E-state index is -0.333. The summed E-state index contributed by atoms with van der Waals surface area (Å²) in [6.07, 6.45) is 0.732.